The van der Waals surface area contributed by atoms with Crippen molar-refractivity contribution in [3.8, 4) is 5.88 Å². The molecule has 0 atom stereocenters. The van der Waals surface area contributed by atoms with Gasteiger partial charge in [-0.15, -0.1) is 0 Å². The van der Waals surface area contributed by atoms with E-state index in [1.165, 1.54) is 0 Å². The van der Waals surface area contributed by atoms with Crippen molar-refractivity contribution in [1.29, 1.82) is 0 Å². The Morgan fingerprint density at radius 1 is 1.47 bits per heavy atom. The maximum absolute atomic E-state index is 10.9. The Hall–Kier alpha value is -1.96. The van der Waals surface area contributed by atoms with Gasteiger partial charge in [0, 0.05) is 0 Å². The van der Waals surface area contributed by atoms with E-state index in [-0.39, 0.29) is 23.6 Å². The average Bonchev–Trinajstić information content (AvgIpc) is 2.41. The van der Waals surface area contributed by atoms with E-state index in [0.29, 0.717) is 5.92 Å². The molecule has 0 unspecified atom stereocenters. The third-order valence-electron chi connectivity index (χ3n) is 3.30. The van der Waals surface area contributed by atoms with Gasteiger partial charge in [-0.2, -0.15) is 4.98 Å². The number of nitrogen functional groups attached to an aromatic ring is 1. The van der Waals surface area contributed by atoms with Crippen molar-refractivity contribution < 1.29 is 9.66 Å². The smallest absolute Gasteiger partial charge is 0.349 e. The van der Waals surface area contributed by atoms with Gasteiger partial charge in [-0.25, -0.2) is 10.8 Å². The molecular weight excluding hydrogens is 250 g/mol. The third kappa shape index (κ3) is 3.28. The highest BCUT2D eigenvalue weighted by Gasteiger charge is 2.25. The second kappa shape index (κ2) is 5.79. The van der Waals surface area contributed by atoms with Gasteiger partial charge < -0.3 is 4.74 Å². The molecule has 1 heterocycles. The van der Waals surface area contributed by atoms with Crippen LogP contribution in [0.2, 0.25) is 0 Å². The van der Waals surface area contributed by atoms with Crippen LogP contribution < -0.4 is 16.0 Å². The van der Waals surface area contributed by atoms with Crippen LogP contribution in [-0.2, 0) is 0 Å². The Morgan fingerprint density at radius 2 is 2.16 bits per heavy atom. The van der Waals surface area contributed by atoms with Gasteiger partial charge in [-0.3, -0.25) is 15.5 Å². The normalized spacial score (nSPS) is 22.8. The number of ether oxygens (including phenoxy) is 1. The maximum Gasteiger partial charge on any atom is 0.349 e. The Labute approximate surface area is 110 Å². The molecule has 1 saturated carbocycles. The first kappa shape index (κ1) is 13.5. The molecule has 0 amide bonds. The van der Waals surface area contributed by atoms with Crippen molar-refractivity contribution >= 4 is 11.6 Å². The van der Waals surface area contributed by atoms with Crippen molar-refractivity contribution in [2.45, 2.75) is 38.7 Å². The van der Waals surface area contributed by atoms with Crippen LogP contribution in [0.4, 0.5) is 11.6 Å². The highest BCUT2D eigenvalue weighted by atomic mass is 16.6. The topological polar surface area (TPSA) is 116 Å². The Kier molecular flexibility index (Phi) is 4.10. The molecule has 0 saturated heterocycles. The molecule has 1 aliphatic rings. The standard InChI is InChI=1S/C11H17N5O3/c1-7-2-4-8(5-3-7)19-10-9(16(17)18)6-13-11(14-10)15-12/h6-8H,2-5,12H2,1H3,(H,13,14,15). The summed E-state index contributed by atoms with van der Waals surface area (Å²) >= 11 is 0. The molecule has 1 fully saturated rings. The predicted octanol–water partition coefficient (Wildman–Crippen LogP) is 1.63. The van der Waals surface area contributed by atoms with Gasteiger partial charge in [0.2, 0.25) is 5.95 Å². The molecule has 8 nitrogen and oxygen atoms in total. The molecule has 1 aliphatic carbocycles. The molecule has 3 N–H and O–H groups in total. The molecule has 19 heavy (non-hydrogen) atoms. The number of hydrogen-bond acceptors (Lipinski definition) is 7. The lowest BCUT2D eigenvalue weighted by atomic mass is 9.89. The van der Waals surface area contributed by atoms with Gasteiger partial charge in [0.25, 0.3) is 5.88 Å². The predicted molar refractivity (Wildman–Crippen MR) is 68.5 cm³/mol. The minimum Gasteiger partial charge on any atom is -0.469 e. The van der Waals surface area contributed by atoms with Gasteiger partial charge in [-0.05, 0) is 31.6 Å². The first-order chi connectivity index (χ1) is 9.10. The number of anilines is 1. The SMILES string of the molecule is CC1CCC(Oc2nc(NN)ncc2[N+](=O)[O-])CC1. The summed E-state index contributed by atoms with van der Waals surface area (Å²) in [4.78, 5) is 18.0. The Morgan fingerprint density at radius 3 is 2.74 bits per heavy atom. The van der Waals surface area contributed by atoms with Crippen LogP contribution >= 0.6 is 0 Å². The highest BCUT2D eigenvalue weighted by Crippen LogP contribution is 2.30. The van der Waals surface area contributed by atoms with Crippen LogP contribution in [0.25, 0.3) is 0 Å². The first-order valence-electron chi connectivity index (χ1n) is 6.25. The molecule has 0 aliphatic heterocycles. The molecule has 1 aromatic rings. The van der Waals surface area contributed by atoms with Crippen LogP contribution in [0, 0.1) is 16.0 Å². The fourth-order valence-electron chi connectivity index (χ4n) is 2.15. The minimum absolute atomic E-state index is 0.0208. The summed E-state index contributed by atoms with van der Waals surface area (Å²) in [5.41, 5.74) is 2.01. The second-order valence-electron chi connectivity index (χ2n) is 4.79. The number of nitrogens with two attached hydrogens (primary N) is 1. The van der Waals surface area contributed by atoms with Crippen LogP contribution in [0.3, 0.4) is 0 Å². The third-order valence-corrected chi connectivity index (χ3v) is 3.30. The minimum atomic E-state index is -0.554. The number of nitrogens with one attached hydrogen (secondary N) is 1. The van der Waals surface area contributed by atoms with E-state index in [1.807, 2.05) is 0 Å². The molecular formula is C11H17N5O3. The molecule has 104 valence electrons. The van der Waals surface area contributed by atoms with Crippen LogP contribution in [0.1, 0.15) is 32.6 Å². The van der Waals surface area contributed by atoms with Gasteiger partial charge in [0.15, 0.2) is 0 Å². The summed E-state index contributed by atoms with van der Waals surface area (Å²) in [7, 11) is 0. The number of hydrazine groups is 1. The summed E-state index contributed by atoms with van der Waals surface area (Å²) in [6.07, 6.45) is 4.96. The summed E-state index contributed by atoms with van der Waals surface area (Å²) in [6, 6.07) is 0. The number of hydrogen-bond donors (Lipinski definition) is 2. The molecule has 2 rings (SSSR count). The zero-order valence-electron chi connectivity index (χ0n) is 10.7. The quantitative estimate of drug-likeness (QED) is 0.483. The van der Waals surface area contributed by atoms with Crippen molar-refractivity contribution in [1.82, 2.24) is 9.97 Å². The monoisotopic (exact) mass is 267 g/mol. The largest absolute Gasteiger partial charge is 0.469 e. The van der Waals surface area contributed by atoms with Gasteiger partial charge in [0.1, 0.15) is 12.3 Å². The Bertz CT molecular complexity index is 460. The fraction of sp³-hybridized carbons (Fsp3) is 0.636. The highest BCUT2D eigenvalue weighted by molar-refractivity contribution is 5.42. The van der Waals surface area contributed by atoms with E-state index in [0.717, 1.165) is 31.9 Å². The molecule has 8 heteroatoms. The maximum atomic E-state index is 10.9. The van der Waals surface area contributed by atoms with E-state index < -0.39 is 4.92 Å². The second-order valence-corrected chi connectivity index (χ2v) is 4.79. The molecule has 0 radical (unpaired) electrons. The van der Waals surface area contributed by atoms with E-state index in [1.54, 1.807) is 0 Å². The molecule has 0 bridgehead atoms. The summed E-state index contributed by atoms with van der Waals surface area (Å²) in [5, 5.41) is 10.9. The fourth-order valence-corrected chi connectivity index (χ4v) is 2.15. The zero-order chi connectivity index (χ0) is 13.8. The lowest BCUT2D eigenvalue weighted by Crippen LogP contribution is -2.24. The van der Waals surface area contributed by atoms with E-state index in [4.69, 9.17) is 10.6 Å². The van der Waals surface area contributed by atoms with Crippen LogP contribution in [-0.4, -0.2) is 21.0 Å². The van der Waals surface area contributed by atoms with E-state index in [9.17, 15) is 10.1 Å². The number of nitrogens with zero attached hydrogens (tertiary/aromatic N) is 3. The van der Waals surface area contributed by atoms with Gasteiger partial charge >= 0.3 is 5.69 Å². The van der Waals surface area contributed by atoms with Crippen molar-refractivity contribution in [3.05, 3.63) is 16.3 Å². The zero-order valence-corrected chi connectivity index (χ0v) is 10.7. The van der Waals surface area contributed by atoms with Crippen molar-refractivity contribution in [2.75, 3.05) is 5.43 Å². The van der Waals surface area contributed by atoms with Crippen LogP contribution in [0.15, 0.2) is 6.20 Å². The van der Waals surface area contributed by atoms with E-state index >= 15 is 0 Å². The van der Waals surface area contributed by atoms with Crippen LogP contribution in [0.5, 0.6) is 5.88 Å². The summed E-state index contributed by atoms with van der Waals surface area (Å²) < 4.78 is 5.65. The Balaban J connectivity index is 2.15. The molecule has 1 aromatic heterocycles. The summed E-state index contributed by atoms with van der Waals surface area (Å²) in [5.74, 6) is 5.96. The van der Waals surface area contributed by atoms with Gasteiger partial charge in [0.05, 0.1) is 4.92 Å². The molecule has 0 aromatic carbocycles. The van der Waals surface area contributed by atoms with Gasteiger partial charge in [-0.1, -0.05) is 6.92 Å². The number of aromatic nitrogens is 2. The number of nitro groups is 1. The van der Waals surface area contributed by atoms with Crippen molar-refractivity contribution in [3.63, 3.8) is 0 Å². The lowest BCUT2D eigenvalue weighted by molar-refractivity contribution is -0.386. The van der Waals surface area contributed by atoms with Crippen molar-refractivity contribution in [2.24, 2.45) is 11.8 Å². The molecule has 0 spiro atoms. The summed E-state index contributed by atoms with van der Waals surface area (Å²) in [6.45, 7) is 2.19. The lowest BCUT2D eigenvalue weighted by Gasteiger charge is -2.26. The van der Waals surface area contributed by atoms with E-state index in [2.05, 4.69) is 22.3 Å². The number of rotatable bonds is 4. The average molecular weight is 267 g/mol. The first-order valence-corrected chi connectivity index (χ1v) is 6.25.